The van der Waals surface area contributed by atoms with Crippen LogP contribution in [0.25, 0.3) is 0 Å². The SMILES string of the molecule is CCOC(=O)Cc1ccc(C(F)F)c(N)n1. The van der Waals surface area contributed by atoms with Gasteiger partial charge in [-0.3, -0.25) is 4.79 Å². The molecule has 1 rings (SSSR count). The summed E-state index contributed by atoms with van der Waals surface area (Å²) >= 11 is 0. The highest BCUT2D eigenvalue weighted by molar-refractivity contribution is 5.72. The normalized spacial score (nSPS) is 10.5. The van der Waals surface area contributed by atoms with Crippen LogP contribution in [0.3, 0.4) is 0 Å². The first-order valence-electron chi connectivity index (χ1n) is 4.73. The standard InChI is InChI=1S/C10H12F2N2O2/c1-2-16-8(15)5-6-3-4-7(9(11)12)10(13)14-6/h3-4,9H,2,5H2,1H3,(H2,13,14). The molecule has 0 fully saturated rings. The van der Waals surface area contributed by atoms with E-state index in [1.165, 1.54) is 12.1 Å². The molecule has 0 aromatic carbocycles. The monoisotopic (exact) mass is 230 g/mol. The molecule has 0 saturated carbocycles. The number of ether oxygens (including phenoxy) is 1. The second-order valence-electron chi connectivity index (χ2n) is 3.06. The van der Waals surface area contributed by atoms with E-state index in [1.54, 1.807) is 6.92 Å². The number of anilines is 1. The second-order valence-corrected chi connectivity index (χ2v) is 3.06. The maximum absolute atomic E-state index is 12.3. The van der Waals surface area contributed by atoms with Gasteiger partial charge in [0.05, 0.1) is 24.3 Å². The summed E-state index contributed by atoms with van der Waals surface area (Å²) in [5, 5.41) is 0. The quantitative estimate of drug-likeness (QED) is 0.799. The van der Waals surface area contributed by atoms with Crippen LogP contribution in [0, 0.1) is 0 Å². The Balaban J connectivity index is 2.77. The molecule has 0 radical (unpaired) electrons. The van der Waals surface area contributed by atoms with Crippen molar-refractivity contribution in [2.75, 3.05) is 12.3 Å². The maximum atomic E-state index is 12.3. The number of aromatic nitrogens is 1. The molecular weight excluding hydrogens is 218 g/mol. The Morgan fingerprint density at radius 3 is 2.75 bits per heavy atom. The summed E-state index contributed by atoms with van der Waals surface area (Å²) in [5.41, 5.74) is 5.32. The number of hydrogen-bond donors (Lipinski definition) is 1. The molecule has 0 aliphatic carbocycles. The molecule has 1 heterocycles. The number of nitrogen functional groups attached to an aromatic ring is 1. The zero-order valence-corrected chi connectivity index (χ0v) is 8.74. The number of halogens is 2. The molecule has 2 N–H and O–H groups in total. The Hall–Kier alpha value is -1.72. The van der Waals surface area contributed by atoms with E-state index in [-0.39, 0.29) is 24.4 Å². The zero-order chi connectivity index (χ0) is 12.1. The van der Waals surface area contributed by atoms with Crippen LogP contribution in [0.15, 0.2) is 12.1 Å². The van der Waals surface area contributed by atoms with Crippen LogP contribution >= 0.6 is 0 Å². The Labute approximate surface area is 91.4 Å². The predicted octanol–water partition coefficient (Wildman–Crippen LogP) is 1.71. The molecule has 0 amide bonds. The molecule has 0 saturated heterocycles. The summed E-state index contributed by atoms with van der Waals surface area (Å²) in [6.07, 6.45) is -2.73. The number of pyridine rings is 1. The van der Waals surface area contributed by atoms with Crippen molar-refractivity contribution >= 4 is 11.8 Å². The number of hydrogen-bond acceptors (Lipinski definition) is 4. The second kappa shape index (κ2) is 5.39. The highest BCUT2D eigenvalue weighted by Crippen LogP contribution is 2.23. The lowest BCUT2D eigenvalue weighted by Crippen LogP contribution is -2.10. The Morgan fingerprint density at radius 2 is 2.25 bits per heavy atom. The van der Waals surface area contributed by atoms with Crippen molar-refractivity contribution in [1.29, 1.82) is 0 Å². The van der Waals surface area contributed by atoms with Crippen LogP contribution in [0.1, 0.15) is 24.6 Å². The molecule has 0 aliphatic rings. The van der Waals surface area contributed by atoms with E-state index >= 15 is 0 Å². The number of nitrogens with zero attached hydrogens (tertiary/aromatic N) is 1. The number of nitrogens with two attached hydrogens (primary N) is 1. The zero-order valence-electron chi connectivity index (χ0n) is 8.74. The van der Waals surface area contributed by atoms with Crippen LogP contribution in [-0.4, -0.2) is 17.6 Å². The van der Waals surface area contributed by atoms with E-state index in [0.29, 0.717) is 5.69 Å². The van der Waals surface area contributed by atoms with Crippen LogP contribution in [0.2, 0.25) is 0 Å². The van der Waals surface area contributed by atoms with Gasteiger partial charge in [-0.1, -0.05) is 0 Å². The van der Waals surface area contributed by atoms with E-state index in [4.69, 9.17) is 10.5 Å². The summed E-state index contributed by atoms with van der Waals surface area (Å²) in [6.45, 7) is 1.95. The first kappa shape index (κ1) is 12.4. The Kier molecular flexibility index (Phi) is 4.16. The highest BCUT2D eigenvalue weighted by Gasteiger charge is 2.13. The molecule has 0 bridgehead atoms. The number of carbonyl (C=O) groups is 1. The van der Waals surface area contributed by atoms with Crippen molar-refractivity contribution in [1.82, 2.24) is 4.98 Å². The minimum atomic E-state index is -2.66. The average molecular weight is 230 g/mol. The highest BCUT2D eigenvalue weighted by atomic mass is 19.3. The van der Waals surface area contributed by atoms with Crippen molar-refractivity contribution in [3.8, 4) is 0 Å². The molecular formula is C10H12F2N2O2. The smallest absolute Gasteiger partial charge is 0.311 e. The summed E-state index contributed by atoms with van der Waals surface area (Å²) in [6, 6.07) is 2.51. The molecule has 88 valence electrons. The molecule has 0 unspecified atom stereocenters. The molecule has 0 atom stereocenters. The number of rotatable bonds is 4. The third kappa shape index (κ3) is 3.15. The molecule has 6 heteroatoms. The third-order valence-corrected chi connectivity index (χ3v) is 1.88. The van der Waals surface area contributed by atoms with Gasteiger partial charge in [-0.15, -0.1) is 0 Å². The van der Waals surface area contributed by atoms with Crippen molar-refractivity contribution in [2.45, 2.75) is 19.8 Å². The van der Waals surface area contributed by atoms with E-state index in [0.717, 1.165) is 0 Å². The summed E-state index contributed by atoms with van der Waals surface area (Å²) in [5.74, 6) is -0.712. The van der Waals surface area contributed by atoms with Gasteiger partial charge in [-0.05, 0) is 19.1 Å². The first-order valence-corrected chi connectivity index (χ1v) is 4.73. The van der Waals surface area contributed by atoms with Gasteiger partial charge in [0, 0.05) is 0 Å². The molecule has 0 aliphatic heterocycles. The van der Waals surface area contributed by atoms with Crippen LogP contribution < -0.4 is 5.73 Å². The summed E-state index contributed by atoms with van der Waals surface area (Å²) < 4.78 is 29.4. The molecule has 1 aromatic rings. The molecule has 16 heavy (non-hydrogen) atoms. The van der Waals surface area contributed by atoms with E-state index in [1.807, 2.05) is 0 Å². The molecule has 4 nitrogen and oxygen atoms in total. The summed E-state index contributed by atoms with van der Waals surface area (Å²) in [7, 11) is 0. The Morgan fingerprint density at radius 1 is 1.56 bits per heavy atom. The largest absolute Gasteiger partial charge is 0.466 e. The molecule has 0 spiro atoms. The third-order valence-electron chi connectivity index (χ3n) is 1.88. The number of carbonyl (C=O) groups excluding carboxylic acids is 1. The Bertz CT molecular complexity index is 383. The van der Waals surface area contributed by atoms with Crippen molar-refractivity contribution in [2.24, 2.45) is 0 Å². The number of alkyl halides is 2. The van der Waals surface area contributed by atoms with Crippen LogP contribution in [0.4, 0.5) is 14.6 Å². The predicted molar refractivity (Wildman–Crippen MR) is 53.9 cm³/mol. The first-order chi connectivity index (χ1) is 7.54. The minimum absolute atomic E-state index is 0.0679. The lowest BCUT2D eigenvalue weighted by Gasteiger charge is -2.06. The van der Waals surface area contributed by atoms with Crippen molar-refractivity contribution in [3.05, 3.63) is 23.4 Å². The van der Waals surface area contributed by atoms with Gasteiger partial charge < -0.3 is 10.5 Å². The maximum Gasteiger partial charge on any atom is 0.311 e. The minimum Gasteiger partial charge on any atom is -0.466 e. The fraction of sp³-hybridized carbons (Fsp3) is 0.400. The van der Waals surface area contributed by atoms with Gasteiger partial charge in [-0.25, -0.2) is 13.8 Å². The fourth-order valence-electron chi connectivity index (χ4n) is 1.17. The van der Waals surface area contributed by atoms with Gasteiger partial charge >= 0.3 is 5.97 Å². The van der Waals surface area contributed by atoms with Gasteiger partial charge in [0.2, 0.25) is 0 Å². The van der Waals surface area contributed by atoms with E-state index in [2.05, 4.69) is 4.98 Å². The summed E-state index contributed by atoms with van der Waals surface area (Å²) in [4.78, 5) is 14.8. The fourth-order valence-corrected chi connectivity index (χ4v) is 1.17. The van der Waals surface area contributed by atoms with Crippen molar-refractivity contribution < 1.29 is 18.3 Å². The molecule has 1 aromatic heterocycles. The number of esters is 1. The van der Waals surface area contributed by atoms with Gasteiger partial charge in [-0.2, -0.15) is 0 Å². The van der Waals surface area contributed by atoms with Gasteiger partial charge in [0.1, 0.15) is 5.82 Å². The topological polar surface area (TPSA) is 65.2 Å². The van der Waals surface area contributed by atoms with Crippen molar-refractivity contribution in [3.63, 3.8) is 0 Å². The van der Waals surface area contributed by atoms with E-state index in [9.17, 15) is 13.6 Å². The van der Waals surface area contributed by atoms with Gasteiger partial charge in [0.25, 0.3) is 6.43 Å². The average Bonchev–Trinajstić information content (AvgIpc) is 2.17. The van der Waals surface area contributed by atoms with E-state index < -0.39 is 12.4 Å². The lowest BCUT2D eigenvalue weighted by atomic mass is 10.2. The van der Waals surface area contributed by atoms with Crippen LogP contribution in [0.5, 0.6) is 0 Å². The lowest BCUT2D eigenvalue weighted by molar-refractivity contribution is -0.142. The van der Waals surface area contributed by atoms with Crippen LogP contribution in [-0.2, 0) is 16.0 Å². The van der Waals surface area contributed by atoms with Gasteiger partial charge in [0.15, 0.2) is 0 Å².